The normalized spacial score (nSPS) is 21.7. The van der Waals surface area contributed by atoms with Gasteiger partial charge in [0.15, 0.2) is 0 Å². The Hall–Kier alpha value is -2.37. The highest BCUT2D eigenvalue weighted by molar-refractivity contribution is 6.00. The number of rotatable bonds is 3. The van der Waals surface area contributed by atoms with E-state index in [0.717, 1.165) is 11.3 Å². The van der Waals surface area contributed by atoms with Gasteiger partial charge in [0.1, 0.15) is 0 Å². The first-order valence-electron chi connectivity index (χ1n) is 8.82. The van der Waals surface area contributed by atoms with Gasteiger partial charge in [0, 0.05) is 37.7 Å². The topological polar surface area (TPSA) is 83.7 Å². The Labute approximate surface area is 148 Å². The molecule has 1 aromatic carbocycles. The standard InChI is InChI=1S/C19H25N3O3/c1-12-3-4-16(9-13(12)2)22-11-15(10-17(22)23)19(25)21-7-5-14(6-8-21)18(20)24/h3-4,9,14-15H,5-8,10-11H2,1-2H3,(H2,20,24)/t15-/m0/s1. The maximum Gasteiger partial charge on any atom is 0.228 e. The molecule has 2 fully saturated rings. The first-order chi connectivity index (χ1) is 11.9. The van der Waals surface area contributed by atoms with Gasteiger partial charge in [-0.2, -0.15) is 0 Å². The fourth-order valence-corrected chi connectivity index (χ4v) is 3.66. The maximum atomic E-state index is 12.8. The second-order valence-corrected chi connectivity index (χ2v) is 7.18. The van der Waals surface area contributed by atoms with Crippen molar-refractivity contribution in [3.63, 3.8) is 0 Å². The van der Waals surface area contributed by atoms with Gasteiger partial charge in [-0.05, 0) is 49.9 Å². The number of benzene rings is 1. The summed E-state index contributed by atoms with van der Waals surface area (Å²) in [6.45, 7) is 5.56. The highest BCUT2D eigenvalue weighted by atomic mass is 16.2. The predicted octanol–water partition coefficient (Wildman–Crippen LogP) is 1.38. The number of nitrogens with zero attached hydrogens (tertiary/aromatic N) is 2. The molecule has 0 aliphatic carbocycles. The van der Waals surface area contributed by atoms with E-state index in [-0.39, 0.29) is 36.0 Å². The van der Waals surface area contributed by atoms with E-state index in [1.54, 1.807) is 9.80 Å². The third-order valence-electron chi connectivity index (χ3n) is 5.49. The van der Waals surface area contributed by atoms with Gasteiger partial charge in [0.25, 0.3) is 0 Å². The molecule has 1 atom stereocenters. The van der Waals surface area contributed by atoms with E-state index in [1.165, 1.54) is 5.56 Å². The van der Waals surface area contributed by atoms with Crippen LogP contribution in [0.5, 0.6) is 0 Å². The van der Waals surface area contributed by atoms with Gasteiger partial charge in [-0.3, -0.25) is 14.4 Å². The fraction of sp³-hybridized carbons (Fsp3) is 0.526. The van der Waals surface area contributed by atoms with E-state index in [9.17, 15) is 14.4 Å². The molecule has 0 unspecified atom stereocenters. The lowest BCUT2D eigenvalue weighted by Gasteiger charge is -2.32. The lowest BCUT2D eigenvalue weighted by atomic mass is 9.95. The summed E-state index contributed by atoms with van der Waals surface area (Å²) < 4.78 is 0. The van der Waals surface area contributed by atoms with Crippen molar-refractivity contribution >= 4 is 23.4 Å². The van der Waals surface area contributed by atoms with Crippen LogP contribution in [0, 0.1) is 25.7 Å². The third kappa shape index (κ3) is 3.52. The summed E-state index contributed by atoms with van der Waals surface area (Å²) in [6.07, 6.45) is 1.48. The Kier molecular flexibility index (Phi) is 4.79. The lowest BCUT2D eigenvalue weighted by molar-refractivity contribution is -0.138. The minimum absolute atomic E-state index is 0.00590. The average Bonchev–Trinajstić information content (AvgIpc) is 2.98. The molecule has 2 aliphatic heterocycles. The Morgan fingerprint density at radius 1 is 1.08 bits per heavy atom. The zero-order chi connectivity index (χ0) is 18.1. The number of hydrogen-bond donors (Lipinski definition) is 1. The van der Waals surface area contributed by atoms with Crippen LogP contribution in [0.1, 0.15) is 30.4 Å². The molecule has 3 amide bonds. The smallest absolute Gasteiger partial charge is 0.228 e. The van der Waals surface area contributed by atoms with E-state index < -0.39 is 0 Å². The summed E-state index contributed by atoms with van der Waals surface area (Å²) in [7, 11) is 0. The monoisotopic (exact) mass is 343 g/mol. The summed E-state index contributed by atoms with van der Waals surface area (Å²) in [5.41, 5.74) is 8.51. The highest BCUT2D eigenvalue weighted by Crippen LogP contribution is 2.29. The van der Waals surface area contributed by atoms with E-state index in [0.29, 0.717) is 32.5 Å². The molecule has 0 bridgehead atoms. The summed E-state index contributed by atoms with van der Waals surface area (Å²) in [5, 5.41) is 0. The quantitative estimate of drug-likeness (QED) is 0.900. The van der Waals surface area contributed by atoms with E-state index >= 15 is 0 Å². The van der Waals surface area contributed by atoms with Crippen LogP contribution in [0.15, 0.2) is 18.2 Å². The molecule has 0 spiro atoms. The Bertz CT molecular complexity index is 708. The van der Waals surface area contributed by atoms with Gasteiger partial charge < -0.3 is 15.5 Å². The van der Waals surface area contributed by atoms with Crippen LogP contribution in [0.2, 0.25) is 0 Å². The average molecular weight is 343 g/mol. The van der Waals surface area contributed by atoms with Crippen LogP contribution in [-0.4, -0.2) is 42.3 Å². The van der Waals surface area contributed by atoms with E-state index in [1.807, 2.05) is 32.0 Å². The third-order valence-corrected chi connectivity index (χ3v) is 5.49. The van der Waals surface area contributed by atoms with Crippen molar-refractivity contribution in [2.75, 3.05) is 24.5 Å². The fourth-order valence-electron chi connectivity index (χ4n) is 3.66. The van der Waals surface area contributed by atoms with E-state index in [4.69, 9.17) is 5.73 Å². The summed E-state index contributed by atoms with van der Waals surface area (Å²) in [6, 6.07) is 5.94. The molecule has 134 valence electrons. The number of carbonyl (C=O) groups is 3. The molecule has 2 heterocycles. The molecule has 6 heteroatoms. The summed E-state index contributed by atoms with van der Waals surface area (Å²) >= 11 is 0. The van der Waals surface area contributed by atoms with Gasteiger partial charge in [0.05, 0.1) is 5.92 Å². The molecule has 0 aromatic heterocycles. The first kappa shape index (κ1) is 17.5. The zero-order valence-electron chi connectivity index (χ0n) is 14.8. The summed E-state index contributed by atoms with van der Waals surface area (Å²) in [5.74, 6) is -0.721. The van der Waals surface area contributed by atoms with Crippen molar-refractivity contribution in [2.45, 2.75) is 33.1 Å². The number of primary amides is 1. The number of anilines is 1. The molecular formula is C19H25N3O3. The number of amides is 3. The Balaban J connectivity index is 1.65. The molecule has 1 aromatic rings. The number of carbonyl (C=O) groups excluding carboxylic acids is 3. The molecule has 25 heavy (non-hydrogen) atoms. The van der Waals surface area contributed by atoms with Crippen molar-refractivity contribution in [1.82, 2.24) is 4.90 Å². The molecule has 0 saturated carbocycles. The van der Waals surface area contributed by atoms with Crippen molar-refractivity contribution in [3.05, 3.63) is 29.3 Å². The molecule has 3 rings (SSSR count). The molecule has 0 radical (unpaired) electrons. The predicted molar refractivity (Wildman–Crippen MR) is 94.9 cm³/mol. The highest BCUT2D eigenvalue weighted by Gasteiger charge is 2.38. The maximum absolute atomic E-state index is 12.8. The minimum Gasteiger partial charge on any atom is -0.369 e. The van der Waals surface area contributed by atoms with Crippen LogP contribution >= 0.6 is 0 Å². The van der Waals surface area contributed by atoms with Gasteiger partial charge >= 0.3 is 0 Å². The van der Waals surface area contributed by atoms with Crippen LogP contribution in [0.3, 0.4) is 0 Å². The van der Waals surface area contributed by atoms with E-state index in [2.05, 4.69) is 0 Å². The molecule has 2 N–H and O–H groups in total. The number of nitrogens with two attached hydrogens (primary N) is 1. The lowest BCUT2D eigenvalue weighted by Crippen LogP contribution is -2.44. The first-order valence-corrected chi connectivity index (χ1v) is 8.82. The Morgan fingerprint density at radius 2 is 1.76 bits per heavy atom. The second-order valence-electron chi connectivity index (χ2n) is 7.18. The Morgan fingerprint density at radius 3 is 2.36 bits per heavy atom. The molecule has 6 nitrogen and oxygen atoms in total. The van der Waals surface area contributed by atoms with Crippen molar-refractivity contribution in [3.8, 4) is 0 Å². The number of aryl methyl sites for hydroxylation is 2. The number of likely N-dealkylation sites (tertiary alicyclic amines) is 1. The van der Waals surface area contributed by atoms with Gasteiger partial charge in [0.2, 0.25) is 17.7 Å². The minimum atomic E-state index is -0.306. The van der Waals surface area contributed by atoms with Gasteiger partial charge in [-0.1, -0.05) is 6.07 Å². The van der Waals surface area contributed by atoms with Crippen molar-refractivity contribution < 1.29 is 14.4 Å². The molecule has 2 aliphatic rings. The van der Waals surface area contributed by atoms with Crippen LogP contribution in [0.25, 0.3) is 0 Å². The number of hydrogen-bond acceptors (Lipinski definition) is 3. The largest absolute Gasteiger partial charge is 0.369 e. The SMILES string of the molecule is Cc1ccc(N2C[C@@H](C(=O)N3CCC(C(N)=O)CC3)CC2=O)cc1C. The summed E-state index contributed by atoms with van der Waals surface area (Å²) in [4.78, 5) is 39.9. The van der Waals surface area contributed by atoms with Crippen LogP contribution < -0.4 is 10.6 Å². The zero-order valence-corrected chi connectivity index (χ0v) is 14.8. The van der Waals surface area contributed by atoms with Gasteiger partial charge in [-0.15, -0.1) is 0 Å². The molecule has 2 saturated heterocycles. The molecular weight excluding hydrogens is 318 g/mol. The second kappa shape index (κ2) is 6.86. The van der Waals surface area contributed by atoms with Crippen LogP contribution in [-0.2, 0) is 14.4 Å². The van der Waals surface area contributed by atoms with Crippen molar-refractivity contribution in [2.24, 2.45) is 17.6 Å². The van der Waals surface area contributed by atoms with Gasteiger partial charge in [-0.25, -0.2) is 0 Å². The van der Waals surface area contributed by atoms with Crippen molar-refractivity contribution in [1.29, 1.82) is 0 Å². The number of piperidine rings is 1. The van der Waals surface area contributed by atoms with Crippen LogP contribution in [0.4, 0.5) is 5.69 Å².